The molecule has 0 spiro atoms. The smallest absolute Gasteiger partial charge is 0.220 e. The zero-order valence-electron chi connectivity index (χ0n) is 17.7. The molecule has 2 aromatic heterocycles. The zero-order valence-corrected chi connectivity index (χ0v) is 17.7. The van der Waals surface area contributed by atoms with Gasteiger partial charge in [-0.1, -0.05) is 12.1 Å². The minimum absolute atomic E-state index is 0.0619. The van der Waals surface area contributed by atoms with Crippen LogP contribution in [0.1, 0.15) is 17.7 Å². The molecular weight excluding hydrogens is 407 g/mol. The van der Waals surface area contributed by atoms with Crippen molar-refractivity contribution in [2.24, 2.45) is 0 Å². The highest BCUT2D eigenvalue weighted by Gasteiger charge is 2.14. The average Bonchev–Trinajstić information content (AvgIpc) is 3.26. The topological polar surface area (TPSA) is 69.0 Å². The van der Waals surface area contributed by atoms with Crippen LogP contribution in [0.15, 0.2) is 79.1 Å². The summed E-state index contributed by atoms with van der Waals surface area (Å²) in [6.07, 6.45) is 4.16. The summed E-state index contributed by atoms with van der Waals surface area (Å²) in [7, 11) is 1.61. The van der Waals surface area contributed by atoms with Crippen molar-refractivity contribution in [3.63, 3.8) is 0 Å². The van der Waals surface area contributed by atoms with E-state index in [-0.39, 0.29) is 11.7 Å². The maximum atomic E-state index is 13.9. The molecule has 0 saturated carbocycles. The Labute approximate surface area is 185 Å². The van der Waals surface area contributed by atoms with Gasteiger partial charge in [0.05, 0.1) is 24.2 Å². The van der Waals surface area contributed by atoms with Crippen molar-refractivity contribution in [2.45, 2.75) is 19.4 Å². The number of aryl methyl sites for hydroxylation is 1. The lowest BCUT2D eigenvalue weighted by Gasteiger charge is -2.08. The van der Waals surface area contributed by atoms with Gasteiger partial charge in [0.15, 0.2) is 0 Å². The number of hydrogen-bond acceptors (Lipinski definition) is 4. The van der Waals surface area contributed by atoms with Gasteiger partial charge < -0.3 is 10.1 Å². The van der Waals surface area contributed by atoms with Crippen molar-refractivity contribution >= 4 is 5.91 Å². The number of benzene rings is 2. The van der Waals surface area contributed by atoms with E-state index in [1.54, 1.807) is 30.3 Å². The number of halogens is 1. The molecule has 0 fully saturated rings. The van der Waals surface area contributed by atoms with Gasteiger partial charge in [-0.25, -0.2) is 9.07 Å². The molecule has 2 heterocycles. The van der Waals surface area contributed by atoms with Gasteiger partial charge in [-0.15, -0.1) is 0 Å². The summed E-state index contributed by atoms with van der Waals surface area (Å²) in [6.45, 7) is 0.455. The van der Waals surface area contributed by atoms with Gasteiger partial charge >= 0.3 is 0 Å². The molecule has 0 unspecified atom stereocenters. The van der Waals surface area contributed by atoms with Crippen LogP contribution < -0.4 is 10.1 Å². The predicted octanol–water partition coefficient (Wildman–Crippen LogP) is 4.33. The van der Waals surface area contributed by atoms with Crippen LogP contribution in [0.5, 0.6) is 5.75 Å². The van der Waals surface area contributed by atoms with Gasteiger partial charge in [0.2, 0.25) is 5.91 Å². The molecular formula is C25H23FN4O2. The summed E-state index contributed by atoms with van der Waals surface area (Å²) in [6, 6.07) is 19.5. The Morgan fingerprint density at radius 1 is 1.06 bits per heavy atom. The van der Waals surface area contributed by atoms with Crippen LogP contribution in [0.4, 0.5) is 4.39 Å². The lowest BCUT2D eigenvalue weighted by molar-refractivity contribution is -0.121. The fourth-order valence-electron chi connectivity index (χ4n) is 3.36. The number of amides is 1. The number of pyridine rings is 1. The van der Waals surface area contributed by atoms with Crippen molar-refractivity contribution < 1.29 is 13.9 Å². The van der Waals surface area contributed by atoms with Crippen molar-refractivity contribution in [1.82, 2.24) is 20.1 Å². The maximum absolute atomic E-state index is 13.9. The SMILES string of the molecule is COc1ccc(-n2nc(CCC(=O)NCc3ccncc3)cc2-c2cccc(F)c2)cc1. The van der Waals surface area contributed by atoms with Crippen molar-refractivity contribution in [3.05, 3.63) is 96.2 Å². The highest BCUT2D eigenvalue weighted by atomic mass is 19.1. The van der Waals surface area contributed by atoms with E-state index in [2.05, 4.69) is 10.3 Å². The number of nitrogens with one attached hydrogen (secondary N) is 1. The number of ether oxygens (including phenoxy) is 1. The second-order valence-electron chi connectivity index (χ2n) is 7.27. The molecule has 1 N–H and O–H groups in total. The van der Waals surface area contributed by atoms with Crippen molar-refractivity contribution in [1.29, 1.82) is 0 Å². The first-order valence-electron chi connectivity index (χ1n) is 10.3. The molecule has 0 atom stereocenters. The van der Waals surface area contributed by atoms with Gasteiger partial charge in [0.25, 0.3) is 0 Å². The van der Waals surface area contributed by atoms with Crippen LogP contribution in [0.2, 0.25) is 0 Å². The van der Waals surface area contributed by atoms with Crippen LogP contribution >= 0.6 is 0 Å². The lowest BCUT2D eigenvalue weighted by atomic mass is 10.1. The van der Waals surface area contributed by atoms with E-state index < -0.39 is 0 Å². The molecule has 162 valence electrons. The molecule has 0 radical (unpaired) electrons. The summed E-state index contributed by atoms with van der Waals surface area (Å²) in [5.74, 6) is 0.356. The molecule has 0 aliphatic rings. The summed E-state index contributed by atoms with van der Waals surface area (Å²) in [5.41, 5.74) is 4.02. The molecule has 0 aliphatic carbocycles. The van der Waals surface area contributed by atoms with E-state index in [0.717, 1.165) is 28.4 Å². The molecule has 7 heteroatoms. The fraction of sp³-hybridized carbons (Fsp3) is 0.160. The first-order chi connectivity index (χ1) is 15.6. The second-order valence-corrected chi connectivity index (χ2v) is 7.27. The summed E-state index contributed by atoms with van der Waals surface area (Å²) >= 11 is 0. The third kappa shape index (κ3) is 5.18. The Balaban J connectivity index is 1.52. The third-order valence-electron chi connectivity index (χ3n) is 5.04. The largest absolute Gasteiger partial charge is 0.497 e. The van der Waals surface area contributed by atoms with Crippen LogP contribution in [-0.4, -0.2) is 27.8 Å². The fourth-order valence-corrected chi connectivity index (χ4v) is 3.36. The predicted molar refractivity (Wildman–Crippen MR) is 120 cm³/mol. The van der Waals surface area contributed by atoms with Crippen LogP contribution in [0.3, 0.4) is 0 Å². The average molecular weight is 430 g/mol. The molecule has 32 heavy (non-hydrogen) atoms. The molecule has 2 aromatic carbocycles. The Hall–Kier alpha value is -4.00. The molecule has 4 rings (SSSR count). The van der Waals surface area contributed by atoms with Crippen molar-refractivity contribution in [3.8, 4) is 22.7 Å². The lowest BCUT2D eigenvalue weighted by Crippen LogP contribution is -2.23. The standard InChI is InChI=1S/C25H23FN4O2/c1-32-23-8-6-22(7-9-23)30-24(19-3-2-4-20(26)15-19)16-21(29-30)5-10-25(31)28-17-18-11-13-27-14-12-18/h2-4,6-9,11-16H,5,10,17H2,1H3,(H,28,31). The Morgan fingerprint density at radius 3 is 2.56 bits per heavy atom. The normalized spacial score (nSPS) is 10.7. The molecule has 1 amide bonds. The van der Waals surface area contributed by atoms with Gasteiger partial charge in [0.1, 0.15) is 11.6 Å². The number of carbonyl (C=O) groups is 1. The zero-order chi connectivity index (χ0) is 22.3. The van der Waals surface area contributed by atoms with Crippen LogP contribution in [-0.2, 0) is 17.8 Å². The van der Waals surface area contributed by atoms with Gasteiger partial charge in [-0.3, -0.25) is 9.78 Å². The maximum Gasteiger partial charge on any atom is 0.220 e. The minimum Gasteiger partial charge on any atom is -0.497 e. The first kappa shape index (κ1) is 21.2. The van der Waals surface area contributed by atoms with Gasteiger partial charge in [-0.2, -0.15) is 5.10 Å². The number of nitrogens with zero attached hydrogens (tertiary/aromatic N) is 3. The number of aromatic nitrogens is 3. The van der Waals surface area contributed by atoms with Crippen molar-refractivity contribution in [2.75, 3.05) is 7.11 Å². The highest BCUT2D eigenvalue weighted by Crippen LogP contribution is 2.26. The first-order valence-corrected chi connectivity index (χ1v) is 10.3. The Morgan fingerprint density at radius 2 is 1.84 bits per heavy atom. The highest BCUT2D eigenvalue weighted by molar-refractivity contribution is 5.76. The van der Waals surface area contributed by atoms with E-state index in [1.165, 1.54) is 12.1 Å². The van der Waals surface area contributed by atoms with Gasteiger partial charge in [-0.05, 0) is 60.2 Å². The number of rotatable bonds is 8. The van der Waals surface area contributed by atoms with Crippen LogP contribution in [0.25, 0.3) is 16.9 Å². The molecule has 4 aromatic rings. The number of methoxy groups -OCH3 is 1. The minimum atomic E-state index is -0.318. The van der Waals surface area contributed by atoms with E-state index in [1.807, 2.05) is 48.5 Å². The molecule has 0 bridgehead atoms. The second kappa shape index (κ2) is 9.87. The molecule has 6 nitrogen and oxygen atoms in total. The Bertz CT molecular complexity index is 1190. The Kier molecular flexibility index (Phi) is 6.55. The van der Waals surface area contributed by atoms with E-state index in [4.69, 9.17) is 9.84 Å². The monoisotopic (exact) mass is 430 g/mol. The number of hydrogen-bond donors (Lipinski definition) is 1. The summed E-state index contributed by atoms with van der Waals surface area (Å²) in [4.78, 5) is 16.3. The quantitative estimate of drug-likeness (QED) is 0.452. The third-order valence-corrected chi connectivity index (χ3v) is 5.04. The van der Waals surface area contributed by atoms with Gasteiger partial charge in [0, 0.05) is 37.3 Å². The van der Waals surface area contributed by atoms with E-state index >= 15 is 0 Å². The number of carbonyl (C=O) groups excluding carboxylic acids is 1. The molecule has 0 saturated heterocycles. The summed E-state index contributed by atoms with van der Waals surface area (Å²) < 4.78 is 20.9. The molecule has 0 aliphatic heterocycles. The summed E-state index contributed by atoms with van der Waals surface area (Å²) in [5, 5.41) is 7.61. The van der Waals surface area contributed by atoms with E-state index in [0.29, 0.717) is 24.9 Å². The van der Waals surface area contributed by atoms with Crippen LogP contribution in [0, 0.1) is 5.82 Å². The van der Waals surface area contributed by atoms with E-state index in [9.17, 15) is 9.18 Å².